The number of carbonyl (C=O) groups excluding carboxylic acids is 3. The van der Waals surface area contributed by atoms with Crippen molar-refractivity contribution in [2.24, 2.45) is 5.92 Å². The normalized spacial score (nSPS) is 20.0. The molecule has 1 aromatic rings. The van der Waals surface area contributed by atoms with Gasteiger partial charge in [0.15, 0.2) is 0 Å². The van der Waals surface area contributed by atoms with E-state index in [1.807, 2.05) is 6.92 Å². The minimum Gasteiger partial charge on any atom is -0.469 e. The quantitative estimate of drug-likeness (QED) is 0.605. The van der Waals surface area contributed by atoms with E-state index < -0.39 is 6.04 Å². The fraction of sp³-hybridized carbons (Fsp3) is 0.615. The molecule has 0 aromatic carbocycles. The molecule has 0 saturated carbocycles. The number of hydrogen-bond acceptors (Lipinski definition) is 6. The number of hydrogen-bond donors (Lipinski definition) is 1. The van der Waals surface area contributed by atoms with Gasteiger partial charge in [-0.1, -0.05) is 12.1 Å². The van der Waals surface area contributed by atoms with E-state index in [4.69, 9.17) is 4.74 Å². The lowest BCUT2D eigenvalue weighted by Crippen LogP contribution is -2.41. The number of nitrogens with one attached hydrogen (secondary N) is 1. The van der Waals surface area contributed by atoms with Crippen molar-refractivity contribution in [3.63, 3.8) is 0 Å². The van der Waals surface area contributed by atoms with Gasteiger partial charge < -0.3 is 4.74 Å². The summed E-state index contributed by atoms with van der Waals surface area (Å²) in [6.07, 6.45) is 3.38. The van der Waals surface area contributed by atoms with Crippen LogP contribution in [0.5, 0.6) is 0 Å². The van der Waals surface area contributed by atoms with Crippen LogP contribution in [0, 0.1) is 5.92 Å². The Morgan fingerprint density at radius 1 is 1.57 bits per heavy atom. The molecule has 1 aliphatic heterocycles. The van der Waals surface area contributed by atoms with E-state index in [1.54, 1.807) is 6.20 Å². The summed E-state index contributed by atoms with van der Waals surface area (Å²) in [5, 5.41) is 10.2. The Labute approximate surface area is 121 Å². The Balaban J connectivity index is 2.06. The Morgan fingerprint density at radius 3 is 2.95 bits per heavy atom. The van der Waals surface area contributed by atoms with E-state index >= 15 is 0 Å². The molecule has 114 valence electrons. The fourth-order valence-electron chi connectivity index (χ4n) is 2.31. The van der Waals surface area contributed by atoms with Gasteiger partial charge in [-0.25, -0.2) is 4.68 Å². The molecule has 2 rings (SSSR count). The smallest absolute Gasteiger partial charge is 0.309 e. The van der Waals surface area contributed by atoms with Crippen molar-refractivity contribution in [2.45, 2.75) is 38.6 Å². The topological polar surface area (TPSA) is 103 Å². The summed E-state index contributed by atoms with van der Waals surface area (Å²) >= 11 is 0. The van der Waals surface area contributed by atoms with Crippen LogP contribution in [0.1, 0.15) is 37.9 Å². The number of imide groups is 1. The van der Waals surface area contributed by atoms with Gasteiger partial charge in [-0.3, -0.25) is 19.7 Å². The van der Waals surface area contributed by atoms with Crippen LogP contribution in [-0.2, 0) is 25.5 Å². The highest BCUT2D eigenvalue weighted by molar-refractivity contribution is 5.99. The maximum Gasteiger partial charge on any atom is 0.309 e. The monoisotopic (exact) mass is 294 g/mol. The number of piperidine rings is 1. The zero-order valence-electron chi connectivity index (χ0n) is 12.0. The van der Waals surface area contributed by atoms with E-state index in [-0.39, 0.29) is 30.1 Å². The average Bonchev–Trinajstić information content (AvgIpc) is 2.92. The van der Waals surface area contributed by atoms with Crippen molar-refractivity contribution in [2.75, 3.05) is 7.11 Å². The van der Waals surface area contributed by atoms with Gasteiger partial charge in [-0.05, 0) is 12.8 Å². The molecule has 1 aliphatic rings. The van der Waals surface area contributed by atoms with E-state index in [0.29, 0.717) is 25.0 Å². The van der Waals surface area contributed by atoms with Gasteiger partial charge in [-0.2, -0.15) is 0 Å². The number of ether oxygens (including phenoxy) is 1. The van der Waals surface area contributed by atoms with Gasteiger partial charge in [-0.15, -0.1) is 5.10 Å². The summed E-state index contributed by atoms with van der Waals surface area (Å²) in [6, 6.07) is -0.526. The molecule has 8 heteroatoms. The SMILES string of the molecule is CCC(Cc1cn(C2CCC(=O)NC2=O)nn1)C(=O)OC. The first-order valence-corrected chi connectivity index (χ1v) is 6.87. The van der Waals surface area contributed by atoms with Gasteiger partial charge in [0.25, 0.3) is 5.91 Å². The molecule has 2 amide bonds. The maximum absolute atomic E-state index is 11.8. The molecular weight excluding hydrogens is 276 g/mol. The van der Waals surface area contributed by atoms with Crippen molar-refractivity contribution < 1.29 is 19.1 Å². The molecule has 1 fully saturated rings. The minimum atomic E-state index is -0.526. The summed E-state index contributed by atoms with van der Waals surface area (Å²) in [6.45, 7) is 1.90. The number of rotatable bonds is 5. The van der Waals surface area contributed by atoms with E-state index in [0.717, 1.165) is 0 Å². The summed E-state index contributed by atoms with van der Waals surface area (Å²) in [7, 11) is 1.35. The molecule has 1 aromatic heterocycles. The highest BCUT2D eigenvalue weighted by atomic mass is 16.5. The lowest BCUT2D eigenvalue weighted by molar-refractivity contribution is -0.145. The standard InChI is InChI=1S/C13H18N4O4/c1-3-8(13(20)21-2)6-9-7-17(16-15-9)10-4-5-11(18)14-12(10)19/h7-8,10H,3-6H2,1-2H3,(H,14,18,19). The predicted octanol–water partition coefficient (Wildman–Crippen LogP) is -0.00250. The zero-order chi connectivity index (χ0) is 15.4. The van der Waals surface area contributed by atoms with Gasteiger partial charge in [0.2, 0.25) is 5.91 Å². The predicted molar refractivity (Wildman–Crippen MR) is 70.9 cm³/mol. The molecule has 21 heavy (non-hydrogen) atoms. The highest BCUT2D eigenvalue weighted by Crippen LogP contribution is 2.19. The van der Waals surface area contributed by atoms with Crippen LogP contribution < -0.4 is 5.32 Å². The molecule has 2 unspecified atom stereocenters. The number of carbonyl (C=O) groups is 3. The maximum atomic E-state index is 11.8. The summed E-state index contributed by atoms with van der Waals surface area (Å²) in [4.78, 5) is 34.4. The first-order chi connectivity index (χ1) is 10.0. The molecule has 0 aliphatic carbocycles. The fourth-order valence-corrected chi connectivity index (χ4v) is 2.31. The molecule has 1 saturated heterocycles. The Kier molecular flexibility index (Phi) is 4.66. The van der Waals surface area contributed by atoms with Gasteiger partial charge in [0, 0.05) is 19.0 Å². The van der Waals surface area contributed by atoms with Crippen molar-refractivity contribution >= 4 is 17.8 Å². The van der Waals surface area contributed by atoms with Crippen LogP contribution >= 0.6 is 0 Å². The minimum absolute atomic E-state index is 0.270. The molecule has 0 radical (unpaired) electrons. The zero-order valence-corrected chi connectivity index (χ0v) is 12.0. The van der Waals surface area contributed by atoms with Crippen molar-refractivity contribution in [3.05, 3.63) is 11.9 Å². The number of aromatic nitrogens is 3. The third-order valence-electron chi connectivity index (χ3n) is 3.57. The number of amides is 2. The molecule has 0 spiro atoms. The van der Waals surface area contributed by atoms with E-state index in [2.05, 4.69) is 15.6 Å². The summed E-state index contributed by atoms with van der Waals surface area (Å²) < 4.78 is 6.18. The molecular formula is C13H18N4O4. The van der Waals surface area contributed by atoms with Crippen LogP contribution in [0.4, 0.5) is 0 Å². The average molecular weight is 294 g/mol. The third-order valence-corrected chi connectivity index (χ3v) is 3.57. The van der Waals surface area contributed by atoms with Crippen LogP contribution in [0.2, 0.25) is 0 Å². The van der Waals surface area contributed by atoms with Gasteiger partial charge in [0.1, 0.15) is 6.04 Å². The molecule has 2 atom stereocenters. The van der Waals surface area contributed by atoms with Crippen molar-refractivity contribution in [3.8, 4) is 0 Å². The Morgan fingerprint density at radius 2 is 2.33 bits per heavy atom. The number of methoxy groups -OCH3 is 1. The lowest BCUT2D eigenvalue weighted by Gasteiger charge is -2.20. The Bertz CT molecular complexity index is 554. The van der Waals surface area contributed by atoms with Crippen LogP contribution in [0.3, 0.4) is 0 Å². The van der Waals surface area contributed by atoms with Crippen LogP contribution in [0.15, 0.2) is 6.20 Å². The van der Waals surface area contributed by atoms with Crippen LogP contribution in [-0.4, -0.2) is 39.9 Å². The van der Waals surface area contributed by atoms with E-state index in [1.165, 1.54) is 11.8 Å². The van der Waals surface area contributed by atoms with Crippen molar-refractivity contribution in [1.82, 2.24) is 20.3 Å². The van der Waals surface area contributed by atoms with E-state index in [9.17, 15) is 14.4 Å². The summed E-state index contributed by atoms with van der Waals surface area (Å²) in [5.41, 5.74) is 0.622. The van der Waals surface area contributed by atoms with Crippen molar-refractivity contribution in [1.29, 1.82) is 0 Å². The third kappa shape index (κ3) is 3.45. The van der Waals surface area contributed by atoms with Gasteiger partial charge in [0.05, 0.1) is 18.7 Å². The summed E-state index contributed by atoms with van der Waals surface area (Å²) in [5.74, 6) is -1.20. The highest BCUT2D eigenvalue weighted by Gasteiger charge is 2.29. The number of nitrogens with zero attached hydrogens (tertiary/aromatic N) is 3. The van der Waals surface area contributed by atoms with Crippen LogP contribution in [0.25, 0.3) is 0 Å². The van der Waals surface area contributed by atoms with Gasteiger partial charge >= 0.3 is 5.97 Å². The number of esters is 1. The first kappa shape index (κ1) is 15.1. The molecule has 2 heterocycles. The molecule has 0 bridgehead atoms. The second-order valence-electron chi connectivity index (χ2n) is 4.99. The second-order valence-corrected chi connectivity index (χ2v) is 4.99. The largest absolute Gasteiger partial charge is 0.469 e. The first-order valence-electron chi connectivity index (χ1n) is 6.87. The molecule has 1 N–H and O–H groups in total. The second kappa shape index (κ2) is 6.47. The molecule has 8 nitrogen and oxygen atoms in total. The lowest BCUT2D eigenvalue weighted by atomic mass is 10.0. The Hall–Kier alpha value is -2.25.